The number of hydrogen-bond acceptors (Lipinski definition) is 1. The first-order valence-corrected chi connectivity index (χ1v) is 5.58. The normalized spacial score (nSPS) is 10.4. The van der Waals surface area contributed by atoms with Gasteiger partial charge in [-0.15, -0.1) is 0 Å². The highest BCUT2D eigenvalue weighted by atomic mass is 16.1. The standard InChI is InChI=1S/C15H16O/c1-2-3-4-6-11-15(12-13-16)14-9-7-5-8-10-14/h5,7-10,12-13H,2-4H2,1H3/b15-12+. The zero-order valence-corrected chi connectivity index (χ0v) is 9.57. The second kappa shape index (κ2) is 7.48. The molecule has 0 amide bonds. The van der Waals surface area contributed by atoms with Crippen molar-refractivity contribution in [3.05, 3.63) is 42.0 Å². The maximum atomic E-state index is 10.5. The molecule has 1 aromatic carbocycles. The van der Waals surface area contributed by atoms with Gasteiger partial charge in [-0.2, -0.15) is 0 Å². The Balaban J connectivity index is 2.80. The lowest BCUT2D eigenvalue weighted by atomic mass is 10.1. The predicted molar refractivity (Wildman–Crippen MR) is 67.8 cm³/mol. The van der Waals surface area contributed by atoms with E-state index in [1.165, 1.54) is 6.08 Å². The van der Waals surface area contributed by atoms with E-state index >= 15 is 0 Å². The molecular formula is C15H16O. The highest BCUT2D eigenvalue weighted by Gasteiger charge is 1.95. The number of allylic oxidation sites excluding steroid dienone is 2. The average molecular weight is 212 g/mol. The SMILES string of the molecule is CCCCC#C/C(=C\C=O)c1ccccc1. The number of rotatable bonds is 4. The van der Waals surface area contributed by atoms with Gasteiger partial charge in [0.1, 0.15) is 6.29 Å². The van der Waals surface area contributed by atoms with E-state index in [1.54, 1.807) is 0 Å². The summed E-state index contributed by atoms with van der Waals surface area (Å²) in [6.07, 6.45) is 5.45. The van der Waals surface area contributed by atoms with E-state index in [1.807, 2.05) is 30.3 Å². The molecule has 1 nitrogen and oxygen atoms in total. The van der Waals surface area contributed by atoms with Crippen LogP contribution in [0.1, 0.15) is 31.7 Å². The van der Waals surface area contributed by atoms with Crippen LogP contribution in [0.15, 0.2) is 36.4 Å². The average Bonchev–Trinajstić information content (AvgIpc) is 2.34. The third-order valence-corrected chi connectivity index (χ3v) is 2.20. The van der Waals surface area contributed by atoms with Crippen molar-refractivity contribution in [3.63, 3.8) is 0 Å². The van der Waals surface area contributed by atoms with Gasteiger partial charge in [0.2, 0.25) is 0 Å². The van der Waals surface area contributed by atoms with Crippen LogP contribution in [0.5, 0.6) is 0 Å². The Bertz CT molecular complexity index is 404. The van der Waals surface area contributed by atoms with Crippen LogP contribution in [-0.4, -0.2) is 6.29 Å². The Labute approximate surface area is 97.2 Å². The van der Waals surface area contributed by atoms with Crippen LogP contribution in [-0.2, 0) is 4.79 Å². The van der Waals surface area contributed by atoms with Crippen LogP contribution in [0.25, 0.3) is 5.57 Å². The minimum atomic E-state index is 0.789. The maximum Gasteiger partial charge on any atom is 0.144 e. The quantitative estimate of drug-likeness (QED) is 0.323. The van der Waals surface area contributed by atoms with E-state index in [0.717, 1.165) is 36.7 Å². The Morgan fingerprint density at radius 2 is 2.06 bits per heavy atom. The van der Waals surface area contributed by atoms with Crippen molar-refractivity contribution in [2.75, 3.05) is 0 Å². The molecule has 0 heterocycles. The van der Waals surface area contributed by atoms with E-state index in [0.29, 0.717) is 0 Å². The highest BCUT2D eigenvalue weighted by Crippen LogP contribution is 2.12. The Hall–Kier alpha value is -1.81. The topological polar surface area (TPSA) is 17.1 Å². The van der Waals surface area contributed by atoms with Crippen LogP contribution < -0.4 is 0 Å². The lowest BCUT2D eigenvalue weighted by Gasteiger charge is -1.97. The van der Waals surface area contributed by atoms with Crippen LogP contribution >= 0.6 is 0 Å². The molecule has 0 unspecified atom stereocenters. The Kier molecular flexibility index (Phi) is 5.73. The second-order valence-electron chi connectivity index (χ2n) is 3.49. The lowest BCUT2D eigenvalue weighted by Crippen LogP contribution is -1.81. The number of benzene rings is 1. The first kappa shape index (κ1) is 12.3. The smallest absolute Gasteiger partial charge is 0.144 e. The summed E-state index contributed by atoms with van der Waals surface area (Å²) in [6.45, 7) is 2.14. The minimum absolute atomic E-state index is 0.789. The molecule has 0 atom stereocenters. The minimum Gasteiger partial charge on any atom is -0.299 e. The second-order valence-corrected chi connectivity index (χ2v) is 3.49. The van der Waals surface area contributed by atoms with Gasteiger partial charge < -0.3 is 0 Å². The van der Waals surface area contributed by atoms with Crippen LogP contribution in [0.4, 0.5) is 0 Å². The number of carbonyl (C=O) groups excluding carboxylic acids is 1. The molecule has 0 saturated heterocycles. The monoisotopic (exact) mass is 212 g/mol. The van der Waals surface area contributed by atoms with Crippen LogP contribution in [0, 0.1) is 11.8 Å². The van der Waals surface area contributed by atoms with Crippen LogP contribution in [0.3, 0.4) is 0 Å². The van der Waals surface area contributed by atoms with Crippen molar-refractivity contribution in [1.82, 2.24) is 0 Å². The maximum absolute atomic E-state index is 10.5. The summed E-state index contributed by atoms with van der Waals surface area (Å²) in [4.78, 5) is 10.5. The first-order valence-electron chi connectivity index (χ1n) is 5.58. The molecule has 0 aliphatic rings. The molecule has 0 aliphatic carbocycles. The summed E-state index contributed by atoms with van der Waals surface area (Å²) in [6, 6.07) is 9.77. The molecule has 1 aromatic rings. The zero-order valence-electron chi connectivity index (χ0n) is 9.57. The van der Waals surface area contributed by atoms with E-state index in [4.69, 9.17) is 0 Å². The summed E-state index contributed by atoms with van der Waals surface area (Å²) < 4.78 is 0. The molecule has 0 fully saturated rings. The number of unbranched alkanes of at least 4 members (excludes halogenated alkanes) is 2. The fourth-order valence-corrected chi connectivity index (χ4v) is 1.32. The number of aldehydes is 1. The first-order chi connectivity index (χ1) is 7.88. The summed E-state index contributed by atoms with van der Waals surface area (Å²) in [5.74, 6) is 6.14. The molecule has 0 aromatic heterocycles. The summed E-state index contributed by atoms with van der Waals surface area (Å²) in [7, 11) is 0. The van der Waals surface area contributed by atoms with Crippen molar-refractivity contribution < 1.29 is 4.79 Å². The van der Waals surface area contributed by atoms with Crippen molar-refractivity contribution in [2.24, 2.45) is 0 Å². The molecule has 0 aliphatic heterocycles. The fraction of sp³-hybridized carbons (Fsp3) is 0.267. The van der Waals surface area contributed by atoms with Gasteiger partial charge in [0.15, 0.2) is 0 Å². The largest absolute Gasteiger partial charge is 0.299 e. The van der Waals surface area contributed by atoms with Gasteiger partial charge in [-0.25, -0.2) is 0 Å². The molecule has 0 radical (unpaired) electrons. The van der Waals surface area contributed by atoms with E-state index in [9.17, 15) is 4.79 Å². The third kappa shape index (κ3) is 4.14. The molecule has 0 spiro atoms. The summed E-state index contributed by atoms with van der Waals surface area (Å²) in [5.41, 5.74) is 1.80. The van der Waals surface area contributed by atoms with Gasteiger partial charge in [0, 0.05) is 12.0 Å². The van der Waals surface area contributed by atoms with Gasteiger partial charge in [0.25, 0.3) is 0 Å². The Morgan fingerprint density at radius 1 is 1.31 bits per heavy atom. The molecule has 0 saturated carbocycles. The van der Waals surface area contributed by atoms with E-state index < -0.39 is 0 Å². The summed E-state index contributed by atoms with van der Waals surface area (Å²) in [5, 5.41) is 0. The van der Waals surface area contributed by atoms with Gasteiger partial charge in [-0.05, 0) is 18.1 Å². The van der Waals surface area contributed by atoms with E-state index in [2.05, 4.69) is 18.8 Å². The predicted octanol–water partition coefficient (Wildman–Crippen LogP) is 3.46. The van der Waals surface area contributed by atoms with Gasteiger partial charge in [0.05, 0.1) is 0 Å². The van der Waals surface area contributed by atoms with Gasteiger partial charge >= 0.3 is 0 Å². The molecule has 82 valence electrons. The van der Waals surface area contributed by atoms with Crippen molar-refractivity contribution in [3.8, 4) is 11.8 Å². The summed E-state index contributed by atoms with van der Waals surface area (Å²) >= 11 is 0. The number of hydrogen-bond donors (Lipinski definition) is 0. The zero-order chi connectivity index (χ0) is 11.6. The van der Waals surface area contributed by atoms with Crippen molar-refractivity contribution in [2.45, 2.75) is 26.2 Å². The Morgan fingerprint density at radius 3 is 2.69 bits per heavy atom. The third-order valence-electron chi connectivity index (χ3n) is 2.20. The molecule has 1 heteroatoms. The molecule has 1 rings (SSSR count). The highest BCUT2D eigenvalue weighted by molar-refractivity contribution is 5.89. The van der Waals surface area contributed by atoms with Crippen molar-refractivity contribution >= 4 is 11.9 Å². The lowest BCUT2D eigenvalue weighted by molar-refractivity contribution is -0.104. The van der Waals surface area contributed by atoms with Gasteiger partial charge in [-0.3, -0.25) is 4.79 Å². The van der Waals surface area contributed by atoms with Crippen molar-refractivity contribution in [1.29, 1.82) is 0 Å². The van der Waals surface area contributed by atoms with Crippen LogP contribution in [0.2, 0.25) is 0 Å². The molecular weight excluding hydrogens is 196 g/mol. The fourth-order valence-electron chi connectivity index (χ4n) is 1.32. The van der Waals surface area contributed by atoms with Gasteiger partial charge in [-0.1, -0.05) is 55.5 Å². The number of carbonyl (C=O) groups is 1. The molecule has 16 heavy (non-hydrogen) atoms. The molecule has 0 N–H and O–H groups in total. The van der Waals surface area contributed by atoms with E-state index in [-0.39, 0.29) is 0 Å². The molecule has 0 bridgehead atoms.